The van der Waals surface area contributed by atoms with Gasteiger partial charge in [0, 0.05) is 30.9 Å². The largest absolute Gasteiger partial charge is 0.364 e. The second-order valence-corrected chi connectivity index (χ2v) is 6.52. The summed E-state index contributed by atoms with van der Waals surface area (Å²) >= 11 is 0. The van der Waals surface area contributed by atoms with Crippen LogP contribution < -0.4 is 10.2 Å². The van der Waals surface area contributed by atoms with Crippen molar-refractivity contribution in [2.75, 3.05) is 18.0 Å². The van der Waals surface area contributed by atoms with Crippen LogP contribution in [0.25, 0.3) is 0 Å². The van der Waals surface area contributed by atoms with E-state index in [1.165, 1.54) is 31.4 Å². The number of piperazine rings is 1. The fourth-order valence-electron chi connectivity index (χ4n) is 3.72. The van der Waals surface area contributed by atoms with Crippen LogP contribution in [0.3, 0.4) is 0 Å². The first kappa shape index (κ1) is 12.9. The monoisotopic (exact) mass is 259 g/mol. The summed E-state index contributed by atoms with van der Waals surface area (Å²) in [5.41, 5.74) is 1.65. The van der Waals surface area contributed by atoms with Gasteiger partial charge in [0.1, 0.15) is 0 Å². The average Bonchev–Trinajstić information content (AvgIpc) is 2.87. The minimum absolute atomic E-state index is 0.362. The predicted octanol–water partition coefficient (Wildman–Crippen LogP) is 2.83. The molecule has 1 saturated carbocycles. The van der Waals surface area contributed by atoms with Crippen LogP contribution in [-0.4, -0.2) is 29.7 Å². The van der Waals surface area contributed by atoms with Crippen LogP contribution in [0.5, 0.6) is 0 Å². The Morgan fingerprint density at radius 1 is 1.37 bits per heavy atom. The Morgan fingerprint density at radius 3 is 2.79 bits per heavy atom. The lowest BCUT2D eigenvalue weighted by Gasteiger charge is -2.49. The molecule has 2 heterocycles. The van der Waals surface area contributed by atoms with Crippen LogP contribution >= 0.6 is 0 Å². The summed E-state index contributed by atoms with van der Waals surface area (Å²) < 4.78 is 0. The van der Waals surface area contributed by atoms with Crippen molar-refractivity contribution in [2.45, 2.75) is 51.1 Å². The van der Waals surface area contributed by atoms with E-state index in [0.29, 0.717) is 17.5 Å². The molecule has 2 fully saturated rings. The molecule has 1 N–H and O–H groups in total. The lowest BCUT2D eigenvalue weighted by Crippen LogP contribution is -2.64. The number of rotatable bonds is 2. The van der Waals surface area contributed by atoms with Gasteiger partial charge in [0.15, 0.2) is 0 Å². The molecule has 3 heteroatoms. The lowest BCUT2D eigenvalue weighted by atomic mass is 9.89. The molecule has 1 saturated heterocycles. The molecule has 3 rings (SSSR count). The zero-order valence-electron chi connectivity index (χ0n) is 12.1. The van der Waals surface area contributed by atoms with Crippen molar-refractivity contribution in [1.29, 1.82) is 0 Å². The van der Waals surface area contributed by atoms with Crippen LogP contribution in [0.1, 0.15) is 39.5 Å². The van der Waals surface area contributed by atoms with E-state index in [9.17, 15) is 0 Å². The van der Waals surface area contributed by atoms with Crippen LogP contribution in [0, 0.1) is 5.92 Å². The van der Waals surface area contributed by atoms with E-state index in [-0.39, 0.29) is 0 Å². The maximum Gasteiger partial charge on any atom is 0.0556 e. The molecule has 3 nitrogen and oxygen atoms in total. The molecule has 1 aliphatic heterocycles. The summed E-state index contributed by atoms with van der Waals surface area (Å²) in [7, 11) is 0. The third-order valence-corrected chi connectivity index (χ3v) is 4.87. The van der Waals surface area contributed by atoms with Gasteiger partial charge in [-0.3, -0.25) is 4.98 Å². The summed E-state index contributed by atoms with van der Waals surface area (Å²) in [6.07, 6.45) is 9.29. The molecule has 104 valence electrons. The molecule has 0 aromatic carbocycles. The minimum atomic E-state index is 0.362. The zero-order chi connectivity index (χ0) is 13.3. The quantitative estimate of drug-likeness (QED) is 0.885. The molecule has 19 heavy (non-hydrogen) atoms. The van der Waals surface area contributed by atoms with Crippen molar-refractivity contribution in [1.82, 2.24) is 10.3 Å². The number of nitrogens with one attached hydrogen (secondary N) is 1. The highest BCUT2D eigenvalue weighted by atomic mass is 15.3. The smallest absolute Gasteiger partial charge is 0.0556 e. The highest BCUT2D eigenvalue weighted by molar-refractivity contribution is 5.47. The highest BCUT2D eigenvalue weighted by Crippen LogP contribution is 2.36. The van der Waals surface area contributed by atoms with Crippen molar-refractivity contribution in [3.63, 3.8) is 0 Å². The van der Waals surface area contributed by atoms with Gasteiger partial charge in [-0.1, -0.05) is 26.7 Å². The van der Waals surface area contributed by atoms with E-state index < -0.39 is 0 Å². The fraction of sp³-hybridized carbons (Fsp3) is 0.688. The van der Waals surface area contributed by atoms with Crippen LogP contribution in [0.2, 0.25) is 0 Å². The van der Waals surface area contributed by atoms with Crippen LogP contribution in [0.4, 0.5) is 5.69 Å². The number of anilines is 1. The Balaban J connectivity index is 1.86. The van der Waals surface area contributed by atoms with Gasteiger partial charge in [0.2, 0.25) is 0 Å². The van der Waals surface area contributed by atoms with E-state index in [0.717, 1.165) is 13.1 Å². The van der Waals surface area contributed by atoms with Crippen molar-refractivity contribution in [3.05, 3.63) is 24.5 Å². The maximum absolute atomic E-state index is 4.31. The van der Waals surface area contributed by atoms with Crippen LogP contribution in [0.15, 0.2) is 24.5 Å². The summed E-state index contributed by atoms with van der Waals surface area (Å²) in [4.78, 5) is 6.90. The third-order valence-electron chi connectivity index (χ3n) is 4.87. The Kier molecular flexibility index (Phi) is 3.48. The lowest BCUT2D eigenvalue weighted by molar-refractivity contribution is 0.245. The van der Waals surface area contributed by atoms with Gasteiger partial charge in [-0.25, -0.2) is 0 Å². The fourth-order valence-corrected chi connectivity index (χ4v) is 3.72. The van der Waals surface area contributed by atoms with E-state index in [4.69, 9.17) is 0 Å². The van der Waals surface area contributed by atoms with Crippen molar-refractivity contribution in [2.24, 2.45) is 5.92 Å². The van der Waals surface area contributed by atoms with Gasteiger partial charge >= 0.3 is 0 Å². The summed E-state index contributed by atoms with van der Waals surface area (Å²) in [6.45, 7) is 6.89. The molecule has 2 aliphatic rings. The normalized spacial score (nSPS) is 26.3. The summed E-state index contributed by atoms with van der Waals surface area (Å²) in [6, 6.07) is 4.84. The molecular weight excluding hydrogens is 234 g/mol. The number of hydrogen-bond acceptors (Lipinski definition) is 3. The molecular formula is C16H25N3. The topological polar surface area (TPSA) is 28.2 Å². The summed E-state index contributed by atoms with van der Waals surface area (Å²) in [5.74, 6) is 0.659. The first-order valence-electron chi connectivity index (χ1n) is 7.62. The molecule has 0 radical (unpaired) electrons. The number of aromatic nitrogens is 1. The Bertz CT molecular complexity index is 409. The van der Waals surface area contributed by atoms with Gasteiger partial charge in [-0.15, -0.1) is 0 Å². The first-order chi connectivity index (χ1) is 9.20. The van der Waals surface area contributed by atoms with E-state index in [1.54, 1.807) is 0 Å². The van der Waals surface area contributed by atoms with E-state index in [1.807, 2.05) is 12.4 Å². The zero-order valence-corrected chi connectivity index (χ0v) is 12.1. The van der Waals surface area contributed by atoms with Crippen molar-refractivity contribution < 1.29 is 0 Å². The van der Waals surface area contributed by atoms with E-state index >= 15 is 0 Å². The number of nitrogens with zero attached hydrogens (tertiary/aromatic N) is 2. The standard InChI is InChI=1S/C16H25N3/c1-13(2)15-11-18-16(7-3-4-8-16)12-19(15)14-6-5-9-17-10-14/h5-6,9-10,13,15,18H,3-4,7-8,11-12H2,1-2H3. The number of pyridine rings is 1. The first-order valence-corrected chi connectivity index (χ1v) is 7.62. The average molecular weight is 259 g/mol. The highest BCUT2D eigenvalue weighted by Gasteiger charge is 2.41. The second kappa shape index (κ2) is 5.12. The minimum Gasteiger partial charge on any atom is -0.364 e. The van der Waals surface area contributed by atoms with Gasteiger partial charge in [0.05, 0.1) is 11.9 Å². The Labute approximate surface area is 116 Å². The molecule has 0 bridgehead atoms. The number of hydrogen-bond donors (Lipinski definition) is 1. The van der Waals surface area contributed by atoms with Gasteiger partial charge in [0.25, 0.3) is 0 Å². The molecule has 1 spiro atoms. The summed E-state index contributed by atoms with van der Waals surface area (Å²) in [5, 5.41) is 3.86. The molecule has 1 aromatic heterocycles. The Morgan fingerprint density at radius 2 is 2.16 bits per heavy atom. The Hall–Kier alpha value is -1.09. The molecule has 1 unspecified atom stereocenters. The van der Waals surface area contributed by atoms with Gasteiger partial charge in [-0.2, -0.15) is 0 Å². The predicted molar refractivity (Wildman–Crippen MR) is 79.4 cm³/mol. The van der Waals surface area contributed by atoms with Crippen molar-refractivity contribution >= 4 is 5.69 Å². The van der Waals surface area contributed by atoms with Crippen molar-refractivity contribution in [3.8, 4) is 0 Å². The third kappa shape index (κ3) is 2.48. The maximum atomic E-state index is 4.31. The van der Waals surface area contributed by atoms with Gasteiger partial charge < -0.3 is 10.2 Å². The molecule has 1 aliphatic carbocycles. The van der Waals surface area contributed by atoms with E-state index in [2.05, 4.69) is 41.2 Å². The second-order valence-electron chi connectivity index (χ2n) is 6.52. The molecule has 1 aromatic rings. The molecule has 1 atom stereocenters. The SMILES string of the molecule is CC(C)C1CNC2(CCCC2)CN1c1cccnc1. The van der Waals surface area contributed by atoms with Gasteiger partial charge in [-0.05, 0) is 30.9 Å². The molecule has 0 amide bonds. The van der Waals surface area contributed by atoms with Crippen LogP contribution in [-0.2, 0) is 0 Å².